The molecule has 0 saturated heterocycles. The molecule has 3 heteroatoms. The van der Waals surface area contributed by atoms with E-state index < -0.39 is 0 Å². The van der Waals surface area contributed by atoms with Crippen molar-refractivity contribution >= 4 is 11.4 Å². The lowest BCUT2D eigenvalue weighted by molar-refractivity contribution is 1.43. The maximum absolute atomic E-state index is 8.89. The van der Waals surface area contributed by atoms with Crippen molar-refractivity contribution in [2.45, 2.75) is 6.92 Å². The van der Waals surface area contributed by atoms with E-state index in [-0.39, 0.29) is 5.70 Å². The third kappa shape index (κ3) is 2.25. The standard InChI is InChI=1S/C13H9N3/c1-10(8-14)13(12(9-15)16-2)11-6-4-3-5-7-11/h3-7,15H,1H3/b13-10+. The molecule has 0 aliphatic carbocycles. The molecule has 0 spiro atoms. The Bertz CT molecular complexity index is 547. The lowest BCUT2D eigenvalue weighted by atomic mass is 9.99. The predicted molar refractivity (Wildman–Crippen MR) is 62.5 cm³/mol. The summed E-state index contributed by atoms with van der Waals surface area (Å²) in [6.45, 7) is 8.60. The SMILES string of the molecule is [C-]#[N+]C(=C=N)/C(=C(\C)C#N)c1ccccc1. The van der Waals surface area contributed by atoms with E-state index in [2.05, 4.69) is 10.7 Å². The zero-order valence-corrected chi connectivity index (χ0v) is 8.78. The summed E-state index contributed by atoms with van der Waals surface area (Å²) in [4.78, 5) is 3.21. The van der Waals surface area contributed by atoms with Crippen LogP contribution in [0.1, 0.15) is 12.5 Å². The molecule has 1 aromatic rings. The number of nitriles is 1. The van der Waals surface area contributed by atoms with E-state index >= 15 is 0 Å². The Morgan fingerprint density at radius 2 is 2.00 bits per heavy atom. The largest absolute Gasteiger partial charge is 0.271 e. The predicted octanol–water partition coefficient (Wildman–Crippen LogP) is 3.04. The minimum atomic E-state index is 0.0604. The molecule has 0 amide bonds. The van der Waals surface area contributed by atoms with Gasteiger partial charge in [0.15, 0.2) is 0 Å². The number of nitrogens with zero attached hydrogens (tertiary/aromatic N) is 2. The van der Waals surface area contributed by atoms with Crippen molar-refractivity contribution in [3.8, 4) is 6.07 Å². The molecule has 1 rings (SSSR count). The molecular weight excluding hydrogens is 198 g/mol. The molecule has 0 atom stereocenters. The zero-order valence-electron chi connectivity index (χ0n) is 8.78. The van der Waals surface area contributed by atoms with Crippen LogP contribution in [0.3, 0.4) is 0 Å². The van der Waals surface area contributed by atoms with Crippen LogP contribution in [0.2, 0.25) is 0 Å². The number of rotatable bonds is 2. The molecule has 0 aromatic heterocycles. The van der Waals surface area contributed by atoms with Gasteiger partial charge in [0.1, 0.15) is 0 Å². The highest BCUT2D eigenvalue weighted by Crippen LogP contribution is 2.25. The molecule has 0 bridgehead atoms. The topological polar surface area (TPSA) is 52.0 Å². The Morgan fingerprint density at radius 3 is 2.44 bits per heavy atom. The van der Waals surface area contributed by atoms with Crippen LogP contribution >= 0.6 is 0 Å². The Labute approximate surface area is 94.3 Å². The molecular formula is C13H9N3. The fourth-order valence-electron chi connectivity index (χ4n) is 1.34. The molecule has 0 saturated carbocycles. The normalized spacial score (nSPS) is 10.4. The summed E-state index contributed by atoms with van der Waals surface area (Å²) in [5.41, 5.74) is 1.71. The molecule has 0 unspecified atom stereocenters. The molecule has 76 valence electrons. The van der Waals surface area contributed by atoms with Crippen LogP contribution in [0.25, 0.3) is 10.4 Å². The second-order valence-corrected chi connectivity index (χ2v) is 3.06. The summed E-state index contributed by atoms with van der Waals surface area (Å²) in [7, 11) is 0. The van der Waals surface area contributed by atoms with Gasteiger partial charge in [0.2, 0.25) is 0 Å². The summed E-state index contributed by atoms with van der Waals surface area (Å²) in [5.74, 6) is 2.07. The number of hydrogen-bond donors (Lipinski definition) is 1. The molecule has 0 fully saturated rings. The molecule has 0 heterocycles. The maximum Gasteiger partial charge on any atom is 0.254 e. The van der Waals surface area contributed by atoms with Crippen molar-refractivity contribution in [2.24, 2.45) is 0 Å². The van der Waals surface area contributed by atoms with Gasteiger partial charge in [-0.15, -0.1) is 0 Å². The summed E-state index contributed by atoms with van der Waals surface area (Å²) in [5, 5.41) is 16.0. The van der Waals surface area contributed by atoms with Crippen molar-refractivity contribution in [3.63, 3.8) is 0 Å². The van der Waals surface area contributed by atoms with E-state index in [0.29, 0.717) is 11.1 Å². The summed E-state index contributed by atoms with van der Waals surface area (Å²) < 4.78 is 0. The highest BCUT2D eigenvalue weighted by molar-refractivity contribution is 5.92. The first-order chi connectivity index (χ1) is 7.74. The maximum atomic E-state index is 8.89. The molecule has 1 aromatic carbocycles. The molecule has 0 aliphatic rings. The van der Waals surface area contributed by atoms with Crippen molar-refractivity contribution in [2.75, 3.05) is 0 Å². The van der Waals surface area contributed by atoms with Gasteiger partial charge in [-0.25, -0.2) is 4.85 Å². The fraction of sp³-hybridized carbons (Fsp3) is 0.0769. The number of benzene rings is 1. The van der Waals surface area contributed by atoms with Gasteiger partial charge >= 0.3 is 0 Å². The minimum absolute atomic E-state index is 0.0604. The van der Waals surface area contributed by atoms with Crippen LogP contribution in [0.15, 0.2) is 41.6 Å². The van der Waals surface area contributed by atoms with Gasteiger partial charge in [-0.2, -0.15) is 5.26 Å². The molecule has 3 nitrogen and oxygen atoms in total. The average Bonchev–Trinajstić information content (AvgIpc) is 2.36. The lowest BCUT2D eigenvalue weighted by Crippen LogP contribution is -1.90. The van der Waals surface area contributed by atoms with E-state index in [1.165, 1.54) is 0 Å². The third-order valence-corrected chi connectivity index (χ3v) is 2.07. The van der Waals surface area contributed by atoms with Gasteiger partial charge in [-0.05, 0) is 18.4 Å². The first-order valence-electron chi connectivity index (χ1n) is 4.58. The highest BCUT2D eigenvalue weighted by atomic mass is 14.7. The summed E-state index contributed by atoms with van der Waals surface area (Å²) in [6.07, 6.45) is 0. The van der Waals surface area contributed by atoms with Crippen LogP contribution < -0.4 is 0 Å². The van der Waals surface area contributed by atoms with E-state index in [1.807, 2.05) is 24.3 Å². The van der Waals surface area contributed by atoms with Crippen LogP contribution in [0.4, 0.5) is 0 Å². The number of allylic oxidation sites excluding steroid dienone is 2. The van der Waals surface area contributed by atoms with E-state index in [4.69, 9.17) is 17.2 Å². The van der Waals surface area contributed by atoms with Crippen molar-refractivity contribution in [1.29, 1.82) is 10.7 Å². The van der Waals surface area contributed by atoms with Gasteiger partial charge in [0.05, 0.1) is 12.6 Å². The van der Waals surface area contributed by atoms with Crippen molar-refractivity contribution in [3.05, 3.63) is 58.6 Å². The minimum Gasteiger partial charge on any atom is -0.271 e. The van der Waals surface area contributed by atoms with E-state index in [9.17, 15) is 0 Å². The third-order valence-electron chi connectivity index (χ3n) is 2.07. The molecule has 16 heavy (non-hydrogen) atoms. The molecule has 0 aliphatic heterocycles. The van der Waals surface area contributed by atoms with Gasteiger partial charge in [0.25, 0.3) is 5.70 Å². The van der Waals surface area contributed by atoms with Crippen LogP contribution in [0, 0.1) is 23.3 Å². The second-order valence-electron chi connectivity index (χ2n) is 3.06. The summed E-state index contributed by atoms with van der Waals surface area (Å²) >= 11 is 0. The second kappa shape index (κ2) is 5.32. The van der Waals surface area contributed by atoms with Crippen molar-refractivity contribution in [1.82, 2.24) is 0 Å². The fourth-order valence-corrected chi connectivity index (χ4v) is 1.34. The van der Waals surface area contributed by atoms with Crippen LogP contribution in [-0.2, 0) is 0 Å². The summed E-state index contributed by atoms with van der Waals surface area (Å²) in [6, 6.07) is 11.1. The Hall–Kier alpha value is -2.61. The van der Waals surface area contributed by atoms with Gasteiger partial charge in [0, 0.05) is 11.1 Å². The van der Waals surface area contributed by atoms with Crippen LogP contribution in [-0.4, -0.2) is 5.87 Å². The van der Waals surface area contributed by atoms with Crippen molar-refractivity contribution < 1.29 is 0 Å². The molecule has 1 N–H and O–H groups in total. The highest BCUT2D eigenvalue weighted by Gasteiger charge is 2.11. The lowest BCUT2D eigenvalue weighted by Gasteiger charge is -2.05. The molecule has 0 radical (unpaired) electrons. The average molecular weight is 207 g/mol. The number of nitrogens with one attached hydrogen (secondary N) is 1. The Balaban J connectivity index is 3.50. The first-order valence-corrected chi connectivity index (χ1v) is 4.58. The Morgan fingerprint density at radius 1 is 1.38 bits per heavy atom. The monoisotopic (exact) mass is 207 g/mol. The van der Waals surface area contributed by atoms with Crippen LogP contribution in [0.5, 0.6) is 0 Å². The van der Waals surface area contributed by atoms with E-state index in [0.717, 1.165) is 5.56 Å². The van der Waals surface area contributed by atoms with Gasteiger partial charge < -0.3 is 0 Å². The van der Waals surface area contributed by atoms with Gasteiger partial charge in [-0.1, -0.05) is 30.3 Å². The zero-order chi connectivity index (χ0) is 12.0. The first kappa shape index (κ1) is 11.5. The van der Waals surface area contributed by atoms with Gasteiger partial charge in [-0.3, -0.25) is 5.41 Å². The number of hydrogen-bond acceptors (Lipinski definition) is 2. The quantitative estimate of drug-likeness (QED) is 0.344. The Kier molecular flexibility index (Phi) is 3.81. The van der Waals surface area contributed by atoms with E-state index in [1.54, 1.807) is 19.1 Å². The smallest absolute Gasteiger partial charge is 0.254 e.